The van der Waals surface area contributed by atoms with E-state index in [2.05, 4.69) is 82.4 Å². The van der Waals surface area contributed by atoms with E-state index in [-0.39, 0.29) is 0 Å². The highest BCUT2D eigenvalue weighted by Crippen LogP contribution is 2.33. The molecule has 0 atom stereocenters. The molecule has 2 N–H and O–H groups in total. The van der Waals surface area contributed by atoms with Crippen molar-refractivity contribution in [1.82, 2.24) is 29.9 Å². The number of aromatic amines is 1. The summed E-state index contributed by atoms with van der Waals surface area (Å²) < 4.78 is 6.29. The van der Waals surface area contributed by atoms with Crippen molar-refractivity contribution in [1.29, 1.82) is 0 Å². The van der Waals surface area contributed by atoms with Crippen LogP contribution in [0.25, 0.3) is 22.6 Å². The maximum Gasteiger partial charge on any atom is 0.159 e. The van der Waals surface area contributed by atoms with Crippen molar-refractivity contribution in [3.63, 3.8) is 0 Å². The van der Waals surface area contributed by atoms with Crippen molar-refractivity contribution in [2.45, 2.75) is 39.3 Å². The molecule has 6 rings (SSSR count). The number of fused-ring (bicyclic) bond motifs is 1. The molecule has 2 aliphatic rings. The van der Waals surface area contributed by atoms with Crippen LogP contribution in [0.5, 0.6) is 0 Å². The van der Waals surface area contributed by atoms with Crippen molar-refractivity contribution < 1.29 is 4.52 Å². The lowest BCUT2D eigenvalue weighted by Crippen LogP contribution is -2.46. The van der Waals surface area contributed by atoms with Crippen LogP contribution in [-0.2, 0) is 6.54 Å². The number of piperidine rings is 1. The number of halogens is 1. The number of anilines is 2. The van der Waals surface area contributed by atoms with E-state index in [9.17, 15) is 0 Å². The Morgan fingerprint density at radius 3 is 2.47 bits per heavy atom. The summed E-state index contributed by atoms with van der Waals surface area (Å²) in [6, 6.07) is 9.16. The Hall–Kier alpha value is -2.95. The molecule has 0 amide bonds. The van der Waals surface area contributed by atoms with Crippen molar-refractivity contribution >= 4 is 38.5 Å². The Morgan fingerprint density at radius 2 is 1.79 bits per heavy atom. The normalized spacial score (nSPS) is 17.9. The Labute approximate surface area is 231 Å². The van der Waals surface area contributed by atoms with Crippen LogP contribution < -0.4 is 10.2 Å². The fourth-order valence-corrected chi connectivity index (χ4v) is 5.91. The molecule has 10 heteroatoms. The van der Waals surface area contributed by atoms with Crippen molar-refractivity contribution in [2.24, 2.45) is 0 Å². The summed E-state index contributed by atoms with van der Waals surface area (Å²) in [6.07, 6.45) is 4.11. The number of benzene rings is 1. The van der Waals surface area contributed by atoms with Crippen LogP contribution in [0.2, 0.25) is 0 Å². The zero-order valence-electron chi connectivity index (χ0n) is 22.3. The fraction of sp³-hybridized carbons (Fsp3) is 0.464. The number of nitrogens with one attached hydrogen (secondary N) is 2. The van der Waals surface area contributed by atoms with Gasteiger partial charge in [0, 0.05) is 61.8 Å². The van der Waals surface area contributed by atoms with E-state index >= 15 is 0 Å². The van der Waals surface area contributed by atoms with Gasteiger partial charge in [-0.15, -0.1) is 0 Å². The molecular formula is C28H35BrN8O. The molecule has 2 fully saturated rings. The molecular weight excluding hydrogens is 544 g/mol. The van der Waals surface area contributed by atoms with E-state index in [0.29, 0.717) is 6.04 Å². The van der Waals surface area contributed by atoms with Crippen LogP contribution in [0.15, 0.2) is 39.5 Å². The van der Waals surface area contributed by atoms with Crippen molar-refractivity contribution in [3.8, 4) is 11.4 Å². The van der Waals surface area contributed by atoms with Gasteiger partial charge in [-0.25, -0.2) is 9.97 Å². The number of hydrogen-bond acceptors (Lipinski definition) is 8. The average Bonchev–Trinajstić information content (AvgIpc) is 3.51. The van der Waals surface area contributed by atoms with Gasteiger partial charge in [-0.3, -0.25) is 4.90 Å². The molecule has 4 aromatic rings. The van der Waals surface area contributed by atoms with Gasteiger partial charge in [0.05, 0.1) is 15.9 Å². The van der Waals surface area contributed by atoms with Gasteiger partial charge in [-0.05, 0) is 87.0 Å². The number of imidazole rings is 1. The molecule has 0 radical (unpaired) electrons. The highest BCUT2D eigenvalue weighted by molar-refractivity contribution is 9.10. The number of H-pyrrole nitrogens is 1. The first-order valence-electron chi connectivity index (χ1n) is 13.4. The van der Waals surface area contributed by atoms with Crippen molar-refractivity contribution in [2.75, 3.05) is 56.5 Å². The second-order valence-corrected chi connectivity index (χ2v) is 11.5. The summed E-state index contributed by atoms with van der Waals surface area (Å²) in [5.41, 5.74) is 7.23. The molecule has 38 heavy (non-hydrogen) atoms. The quantitative estimate of drug-likeness (QED) is 0.336. The second-order valence-electron chi connectivity index (χ2n) is 10.6. The lowest BCUT2D eigenvalue weighted by Gasteiger charge is -2.36. The number of hydrogen-bond donors (Lipinski definition) is 2. The molecule has 5 heterocycles. The standard InChI is InChI=1S/C28H35BrN8O/c1-18-23(19(2)38-34-18)17-36-12-14-37(15-13-36)22-6-4-20(5-7-22)27-32-26-25(24(29)16-30-28(26)33-27)31-21-8-10-35(3)11-9-21/h4-7,16,21H,8-15,17H2,1-3H3,(H2,30,31,32,33). The summed E-state index contributed by atoms with van der Waals surface area (Å²) in [6.45, 7) is 11.2. The number of aromatic nitrogens is 4. The Morgan fingerprint density at radius 1 is 1.05 bits per heavy atom. The molecule has 2 saturated heterocycles. The topological polar surface area (TPSA) is 89.3 Å². The molecule has 0 spiro atoms. The van der Waals surface area contributed by atoms with Crippen LogP contribution in [-0.4, -0.2) is 82.3 Å². The minimum atomic E-state index is 0.442. The highest BCUT2D eigenvalue weighted by atomic mass is 79.9. The monoisotopic (exact) mass is 578 g/mol. The third-order valence-corrected chi connectivity index (χ3v) is 8.58. The molecule has 0 aliphatic carbocycles. The average molecular weight is 580 g/mol. The first-order chi connectivity index (χ1) is 18.4. The number of pyridine rings is 1. The van der Waals surface area contributed by atoms with Crippen LogP contribution in [0.3, 0.4) is 0 Å². The van der Waals surface area contributed by atoms with Gasteiger partial charge < -0.3 is 24.6 Å². The van der Waals surface area contributed by atoms with E-state index in [1.807, 2.05) is 20.0 Å². The largest absolute Gasteiger partial charge is 0.379 e. The number of aryl methyl sites for hydroxylation is 2. The van der Waals surface area contributed by atoms with E-state index in [0.717, 1.165) is 103 Å². The van der Waals surface area contributed by atoms with Crippen LogP contribution in [0, 0.1) is 13.8 Å². The van der Waals surface area contributed by atoms with Gasteiger partial charge in [0.25, 0.3) is 0 Å². The molecule has 0 unspecified atom stereocenters. The van der Waals surface area contributed by atoms with Gasteiger partial charge in [0.2, 0.25) is 0 Å². The highest BCUT2D eigenvalue weighted by Gasteiger charge is 2.22. The van der Waals surface area contributed by atoms with Crippen LogP contribution in [0.4, 0.5) is 11.4 Å². The predicted octanol–water partition coefficient (Wildman–Crippen LogP) is 4.82. The summed E-state index contributed by atoms with van der Waals surface area (Å²) >= 11 is 3.70. The first-order valence-corrected chi connectivity index (χ1v) is 14.2. The SMILES string of the molecule is Cc1noc(C)c1CN1CCN(c2ccc(-c3nc4c(NC5CCN(C)CC5)c(Br)cnc4[nH]3)cc2)CC1. The lowest BCUT2D eigenvalue weighted by molar-refractivity contribution is 0.248. The van der Waals surface area contributed by atoms with Crippen LogP contribution in [0.1, 0.15) is 29.9 Å². The molecule has 2 aliphatic heterocycles. The van der Waals surface area contributed by atoms with E-state index in [1.54, 1.807) is 0 Å². The van der Waals surface area contributed by atoms with Gasteiger partial charge in [-0.1, -0.05) is 5.16 Å². The maximum absolute atomic E-state index is 5.34. The van der Waals surface area contributed by atoms with Gasteiger partial charge in [0.15, 0.2) is 5.65 Å². The molecule has 200 valence electrons. The minimum absolute atomic E-state index is 0.442. The summed E-state index contributed by atoms with van der Waals surface area (Å²) in [5.74, 6) is 1.77. The molecule has 0 bridgehead atoms. The number of likely N-dealkylation sites (tertiary alicyclic amines) is 1. The molecule has 1 aromatic carbocycles. The van der Waals surface area contributed by atoms with Gasteiger partial charge >= 0.3 is 0 Å². The number of nitrogens with zero attached hydrogens (tertiary/aromatic N) is 6. The summed E-state index contributed by atoms with van der Waals surface area (Å²) in [5, 5.41) is 7.84. The molecule has 0 saturated carbocycles. The van der Waals surface area contributed by atoms with Crippen LogP contribution >= 0.6 is 15.9 Å². The van der Waals surface area contributed by atoms with Gasteiger partial charge in [-0.2, -0.15) is 0 Å². The van der Waals surface area contributed by atoms with E-state index < -0.39 is 0 Å². The third-order valence-electron chi connectivity index (χ3n) is 7.98. The first kappa shape index (κ1) is 25.3. The third kappa shape index (κ3) is 5.17. The predicted molar refractivity (Wildman–Crippen MR) is 155 cm³/mol. The minimum Gasteiger partial charge on any atom is -0.379 e. The summed E-state index contributed by atoms with van der Waals surface area (Å²) in [4.78, 5) is 20.3. The zero-order chi connectivity index (χ0) is 26.2. The smallest absolute Gasteiger partial charge is 0.159 e. The number of rotatable bonds is 6. The Bertz CT molecular complexity index is 1380. The lowest BCUT2D eigenvalue weighted by atomic mass is 10.1. The maximum atomic E-state index is 5.34. The summed E-state index contributed by atoms with van der Waals surface area (Å²) in [7, 11) is 2.18. The van der Waals surface area contributed by atoms with Gasteiger partial charge in [0.1, 0.15) is 17.1 Å². The zero-order valence-corrected chi connectivity index (χ0v) is 23.9. The van der Waals surface area contributed by atoms with Crippen molar-refractivity contribution in [3.05, 3.63) is 52.0 Å². The van der Waals surface area contributed by atoms with E-state index in [1.165, 1.54) is 11.3 Å². The second kappa shape index (κ2) is 10.7. The van der Waals surface area contributed by atoms with E-state index in [4.69, 9.17) is 9.51 Å². The molecule has 9 nitrogen and oxygen atoms in total. The Kier molecular flexibility index (Phi) is 7.11. The number of piperazine rings is 1. The fourth-order valence-electron chi connectivity index (χ4n) is 5.51. The Balaban J connectivity index is 1.13. The molecule has 3 aromatic heterocycles.